The first-order chi connectivity index (χ1) is 16.5. The predicted molar refractivity (Wildman–Crippen MR) is 132 cm³/mol. The highest BCUT2D eigenvalue weighted by Crippen LogP contribution is 2.48. The zero-order valence-electron chi connectivity index (χ0n) is 18.4. The van der Waals surface area contributed by atoms with Crippen molar-refractivity contribution in [3.8, 4) is 11.3 Å². The molecule has 0 saturated heterocycles. The third-order valence-corrected chi connectivity index (χ3v) is 6.75. The Bertz CT molecular complexity index is 1350. The van der Waals surface area contributed by atoms with Crippen LogP contribution in [0.25, 0.3) is 17.0 Å². The van der Waals surface area contributed by atoms with E-state index in [1.165, 1.54) is 23.9 Å². The first-order valence-electron chi connectivity index (χ1n) is 10.7. The SMILES string of the molecule is CCOC(=O)C1=C(C)N=C2SC=C(c3ccc(F)cc3)N2[C@H]1c1cn[nH]c1-c1ccc(Cl)cc1. The number of halogens is 2. The van der Waals surface area contributed by atoms with Crippen LogP contribution in [-0.2, 0) is 9.53 Å². The number of nitrogens with zero attached hydrogens (tertiary/aromatic N) is 3. The number of amidine groups is 1. The zero-order chi connectivity index (χ0) is 23.8. The fourth-order valence-corrected chi connectivity index (χ4v) is 5.23. The molecule has 0 saturated carbocycles. The van der Waals surface area contributed by atoms with Crippen molar-refractivity contribution < 1.29 is 13.9 Å². The summed E-state index contributed by atoms with van der Waals surface area (Å²) >= 11 is 7.55. The Morgan fingerprint density at radius 2 is 1.88 bits per heavy atom. The number of carbonyl (C=O) groups excluding carboxylic acids is 1. The van der Waals surface area contributed by atoms with Crippen LogP contribution in [0, 0.1) is 5.82 Å². The van der Waals surface area contributed by atoms with Gasteiger partial charge in [-0.3, -0.25) is 5.10 Å². The third-order valence-electron chi connectivity index (χ3n) is 5.66. The van der Waals surface area contributed by atoms with Crippen molar-refractivity contribution in [2.45, 2.75) is 19.9 Å². The monoisotopic (exact) mass is 494 g/mol. The molecule has 3 aromatic rings. The maximum absolute atomic E-state index is 13.6. The number of benzene rings is 2. The van der Waals surface area contributed by atoms with Gasteiger partial charge < -0.3 is 9.64 Å². The molecular formula is C25H20ClFN4O2S. The van der Waals surface area contributed by atoms with Crippen LogP contribution in [0.3, 0.4) is 0 Å². The number of H-pyrrole nitrogens is 1. The Morgan fingerprint density at radius 3 is 2.59 bits per heavy atom. The molecule has 0 spiro atoms. The number of aliphatic imine (C=N–C) groups is 1. The molecule has 0 fully saturated rings. The van der Waals surface area contributed by atoms with E-state index in [1.807, 2.05) is 29.4 Å². The minimum atomic E-state index is -0.553. The highest BCUT2D eigenvalue weighted by atomic mass is 35.5. The lowest BCUT2D eigenvalue weighted by atomic mass is 9.92. The summed E-state index contributed by atoms with van der Waals surface area (Å²) in [7, 11) is 0. The number of fused-ring (bicyclic) bond motifs is 1. The number of esters is 1. The van der Waals surface area contributed by atoms with E-state index in [0.29, 0.717) is 16.3 Å². The van der Waals surface area contributed by atoms with Crippen LogP contribution in [0.5, 0.6) is 0 Å². The molecule has 0 bridgehead atoms. The molecule has 3 heterocycles. The summed E-state index contributed by atoms with van der Waals surface area (Å²) in [6.07, 6.45) is 1.72. The van der Waals surface area contributed by atoms with Crippen molar-refractivity contribution in [3.63, 3.8) is 0 Å². The van der Waals surface area contributed by atoms with Crippen molar-refractivity contribution in [3.05, 3.63) is 93.4 Å². The van der Waals surface area contributed by atoms with E-state index in [2.05, 4.69) is 10.2 Å². The Balaban J connectivity index is 1.68. The Hall–Kier alpha value is -3.36. The number of nitrogens with one attached hydrogen (secondary N) is 1. The minimum absolute atomic E-state index is 0.240. The van der Waals surface area contributed by atoms with Crippen LogP contribution < -0.4 is 0 Å². The van der Waals surface area contributed by atoms with Gasteiger partial charge in [0.1, 0.15) is 5.82 Å². The average Bonchev–Trinajstić information content (AvgIpc) is 3.47. The number of hydrogen-bond donors (Lipinski definition) is 1. The highest BCUT2D eigenvalue weighted by molar-refractivity contribution is 8.16. The van der Waals surface area contributed by atoms with Gasteiger partial charge in [0.05, 0.1) is 41.5 Å². The molecule has 0 amide bonds. The molecule has 34 heavy (non-hydrogen) atoms. The number of carbonyl (C=O) groups is 1. The van der Waals surface area contributed by atoms with Crippen LogP contribution >= 0.6 is 23.4 Å². The maximum atomic E-state index is 13.6. The largest absolute Gasteiger partial charge is 0.463 e. The second-order valence-electron chi connectivity index (χ2n) is 7.72. The van der Waals surface area contributed by atoms with Gasteiger partial charge in [-0.15, -0.1) is 0 Å². The molecular weight excluding hydrogens is 475 g/mol. The second-order valence-corrected chi connectivity index (χ2v) is 8.99. The van der Waals surface area contributed by atoms with Gasteiger partial charge in [0.25, 0.3) is 0 Å². The normalized spacial score (nSPS) is 17.4. The van der Waals surface area contributed by atoms with Crippen molar-refractivity contribution in [2.75, 3.05) is 6.61 Å². The maximum Gasteiger partial charge on any atom is 0.338 e. The first-order valence-corrected chi connectivity index (χ1v) is 11.9. The summed E-state index contributed by atoms with van der Waals surface area (Å²) in [4.78, 5) is 19.9. The van der Waals surface area contributed by atoms with Gasteiger partial charge in [-0.1, -0.05) is 35.5 Å². The smallest absolute Gasteiger partial charge is 0.338 e. The van der Waals surface area contributed by atoms with Gasteiger partial charge in [0, 0.05) is 16.0 Å². The van der Waals surface area contributed by atoms with Gasteiger partial charge in [0.2, 0.25) is 0 Å². The molecule has 2 aromatic carbocycles. The molecule has 0 aliphatic carbocycles. The lowest BCUT2D eigenvalue weighted by Gasteiger charge is -2.36. The number of aromatic nitrogens is 2. The highest BCUT2D eigenvalue weighted by Gasteiger charge is 2.42. The lowest BCUT2D eigenvalue weighted by molar-refractivity contribution is -0.139. The number of hydrogen-bond acceptors (Lipinski definition) is 6. The first kappa shape index (κ1) is 22.4. The van der Waals surface area contributed by atoms with E-state index in [1.54, 1.807) is 37.4 Å². The predicted octanol–water partition coefficient (Wildman–Crippen LogP) is 6.16. The molecule has 1 N–H and O–H groups in total. The fourth-order valence-electron chi connectivity index (χ4n) is 4.13. The van der Waals surface area contributed by atoms with Crippen LogP contribution in [0.4, 0.5) is 4.39 Å². The van der Waals surface area contributed by atoms with E-state index >= 15 is 0 Å². The quantitative estimate of drug-likeness (QED) is 0.430. The van der Waals surface area contributed by atoms with E-state index in [4.69, 9.17) is 21.3 Å². The summed E-state index contributed by atoms with van der Waals surface area (Å²) in [6, 6.07) is 13.1. The fraction of sp³-hybridized carbons (Fsp3) is 0.160. The molecule has 9 heteroatoms. The molecule has 0 radical (unpaired) electrons. The van der Waals surface area contributed by atoms with Crippen LogP contribution in [-0.4, -0.2) is 32.8 Å². The van der Waals surface area contributed by atoms with Crippen molar-refractivity contribution >= 4 is 40.2 Å². The molecule has 2 aliphatic heterocycles. The Morgan fingerprint density at radius 1 is 1.18 bits per heavy atom. The van der Waals surface area contributed by atoms with E-state index in [9.17, 15) is 9.18 Å². The third kappa shape index (κ3) is 3.93. The number of ether oxygens (including phenoxy) is 1. The van der Waals surface area contributed by atoms with Crippen molar-refractivity contribution in [1.82, 2.24) is 15.1 Å². The number of allylic oxidation sites excluding steroid dienone is 1. The van der Waals surface area contributed by atoms with E-state index in [-0.39, 0.29) is 12.4 Å². The molecule has 6 nitrogen and oxygen atoms in total. The summed E-state index contributed by atoms with van der Waals surface area (Å²) in [5, 5.41) is 10.7. The van der Waals surface area contributed by atoms with Gasteiger partial charge in [-0.25, -0.2) is 14.2 Å². The Labute approximate surface area is 205 Å². The van der Waals surface area contributed by atoms with Gasteiger partial charge in [-0.05, 0) is 61.4 Å². The molecule has 5 rings (SSSR count). The zero-order valence-corrected chi connectivity index (χ0v) is 20.0. The summed E-state index contributed by atoms with van der Waals surface area (Å²) < 4.78 is 19.1. The molecule has 0 unspecified atom stereocenters. The lowest BCUT2D eigenvalue weighted by Crippen LogP contribution is -2.36. The van der Waals surface area contributed by atoms with Crippen molar-refractivity contribution in [1.29, 1.82) is 0 Å². The average molecular weight is 495 g/mol. The van der Waals surface area contributed by atoms with E-state index < -0.39 is 12.0 Å². The standard InChI is InChI=1S/C25H20ClFN4O2S/c1-3-33-24(32)21-14(2)29-25-31(20(13-34-25)15-6-10-18(27)11-7-15)23(21)19-12-28-30-22(19)16-4-8-17(26)9-5-16/h4-13,23H,3H2,1-2H3,(H,28,30)/t23-/m0/s1. The summed E-state index contributed by atoms with van der Waals surface area (Å²) in [5.74, 6) is -0.756. The molecule has 1 aromatic heterocycles. The number of thioether (sulfide) groups is 1. The van der Waals surface area contributed by atoms with Gasteiger partial charge >= 0.3 is 5.97 Å². The molecule has 172 valence electrons. The summed E-state index contributed by atoms with van der Waals surface area (Å²) in [5.41, 5.74) is 5.05. The van der Waals surface area contributed by atoms with Gasteiger partial charge in [0.15, 0.2) is 5.17 Å². The van der Waals surface area contributed by atoms with E-state index in [0.717, 1.165) is 33.2 Å². The van der Waals surface area contributed by atoms with Gasteiger partial charge in [-0.2, -0.15) is 5.10 Å². The Kier molecular flexibility index (Phi) is 6.02. The van der Waals surface area contributed by atoms with Crippen molar-refractivity contribution in [2.24, 2.45) is 4.99 Å². The van der Waals surface area contributed by atoms with Crippen LogP contribution in [0.15, 0.2) is 76.4 Å². The summed E-state index contributed by atoms with van der Waals surface area (Å²) in [6.45, 7) is 3.82. The number of aromatic amines is 1. The van der Waals surface area contributed by atoms with Crippen LogP contribution in [0.2, 0.25) is 5.02 Å². The van der Waals surface area contributed by atoms with Crippen LogP contribution in [0.1, 0.15) is 31.0 Å². The minimum Gasteiger partial charge on any atom is -0.463 e. The number of rotatable bonds is 5. The topological polar surface area (TPSA) is 70.6 Å². The molecule has 1 atom stereocenters. The molecule has 2 aliphatic rings. The second kappa shape index (κ2) is 9.12.